The molecule has 0 spiro atoms. The summed E-state index contributed by atoms with van der Waals surface area (Å²) in [5, 5.41) is 24.6. The van der Waals surface area contributed by atoms with Gasteiger partial charge in [-0.05, 0) is 65.2 Å². The molecule has 6 nitrogen and oxygen atoms in total. The van der Waals surface area contributed by atoms with Gasteiger partial charge in [0.15, 0.2) is 0 Å². The SMILES string of the molecule is O=c1ccc2c([C@@H](O)CNc3ccc(Oc4cccc(-c5ccccc5)c4)cc3)ccc(O)c2[nH]1. The highest BCUT2D eigenvalue weighted by Gasteiger charge is 2.14. The number of aliphatic hydroxyl groups excluding tert-OH is 1. The van der Waals surface area contributed by atoms with Gasteiger partial charge in [0.25, 0.3) is 0 Å². The predicted octanol–water partition coefficient (Wildman–Crippen LogP) is 5.84. The van der Waals surface area contributed by atoms with E-state index in [1.165, 1.54) is 12.1 Å². The third kappa shape index (κ3) is 5.03. The zero-order valence-corrected chi connectivity index (χ0v) is 18.8. The highest BCUT2D eigenvalue weighted by Crippen LogP contribution is 2.30. The molecule has 0 aliphatic heterocycles. The molecule has 4 N–H and O–H groups in total. The summed E-state index contributed by atoms with van der Waals surface area (Å²) >= 11 is 0. The van der Waals surface area contributed by atoms with E-state index in [1.54, 1.807) is 12.1 Å². The van der Waals surface area contributed by atoms with Crippen molar-refractivity contribution >= 4 is 16.6 Å². The molecule has 35 heavy (non-hydrogen) atoms. The molecule has 174 valence electrons. The van der Waals surface area contributed by atoms with Crippen molar-refractivity contribution in [2.24, 2.45) is 0 Å². The number of aromatic nitrogens is 1. The number of phenolic OH excluding ortho intramolecular Hbond substituents is 1. The largest absolute Gasteiger partial charge is 0.506 e. The number of hydrogen-bond acceptors (Lipinski definition) is 5. The highest BCUT2D eigenvalue weighted by molar-refractivity contribution is 5.87. The van der Waals surface area contributed by atoms with E-state index >= 15 is 0 Å². The molecule has 0 radical (unpaired) electrons. The average Bonchev–Trinajstić information content (AvgIpc) is 2.89. The number of fused-ring (bicyclic) bond motifs is 1. The van der Waals surface area contributed by atoms with Crippen LogP contribution in [0.15, 0.2) is 108 Å². The molecule has 0 aliphatic rings. The van der Waals surface area contributed by atoms with Crippen molar-refractivity contribution in [1.82, 2.24) is 4.98 Å². The van der Waals surface area contributed by atoms with Crippen LogP contribution in [0.25, 0.3) is 22.0 Å². The minimum atomic E-state index is -0.847. The van der Waals surface area contributed by atoms with Crippen LogP contribution in [0.1, 0.15) is 11.7 Å². The number of anilines is 1. The maximum Gasteiger partial charge on any atom is 0.248 e. The molecule has 0 aliphatic carbocycles. The summed E-state index contributed by atoms with van der Waals surface area (Å²) < 4.78 is 6.03. The van der Waals surface area contributed by atoms with Crippen molar-refractivity contribution in [1.29, 1.82) is 0 Å². The smallest absolute Gasteiger partial charge is 0.248 e. The minimum absolute atomic E-state index is 0.0356. The number of benzene rings is 4. The first kappa shape index (κ1) is 22.3. The molecule has 5 aromatic rings. The Morgan fingerprint density at radius 1 is 0.800 bits per heavy atom. The van der Waals surface area contributed by atoms with E-state index in [9.17, 15) is 15.0 Å². The molecular weight excluding hydrogens is 440 g/mol. The Balaban J connectivity index is 1.25. The van der Waals surface area contributed by atoms with Gasteiger partial charge in [0, 0.05) is 23.7 Å². The molecule has 1 atom stereocenters. The molecule has 0 saturated heterocycles. The fourth-order valence-corrected chi connectivity index (χ4v) is 4.02. The van der Waals surface area contributed by atoms with E-state index in [1.807, 2.05) is 60.7 Å². The Bertz CT molecular complexity index is 1510. The molecule has 1 aromatic heterocycles. The van der Waals surface area contributed by atoms with Crippen LogP contribution in [0.5, 0.6) is 17.2 Å². The lowest BCUT2D eigenvalue weighted by atomic mass is 10.0. The topological polar surface area (TPSA) is 94.6 Å². The van der Waals surface area contributed by atoms with E-state index in [2.05, 4.69) is 28.5 Å². The normalized spacial score (nSPS) is 11.8. The van der Waals surface area contributed by atoms with Gasteiger partial charge in [0.1, 0.15) is 17.2 Å². The van der Waals surface area contributed by atoms with E-state index in [4.69, 9.17) is 4.74 Å². The number of phenols is 1. The van der Waals surface area contributed by atoms with Gasteiger partial charge in [-0.25, -0.2) is 0 Å². The van der Waals surface area contributed by atoms with Crippen LogP contribution < -0.4 is 15.6 Å². The number of H-pyrrole nitrogens is 1. The summed E-state index contributed by atoms with van der Waals surface area (Å²) in [6.07, 6.45) is -0.847. The van der Waals surface area contributed by atoms with Crippen LogP contribution in [0.4, 0.5) is 5.69 Å². The predicted molar refractivity (Wildman–Crippen MR) is 138 cm³/mol. The minimum Gasteiger partial charge on any atom is -0.506 e. The average molecular weight is 465 g/mol. The van der Waals surface area contributed by atoms with Gasteiger partial charge in [0.2, 0.25) is 5.56 Å². The first-order chi connectivity index (χ1) is 17.1. The Kier molecular flexibility index (Phi) is 6.20. The highest BCUT2D eigenvalue weighted by atomic mass is 16.5. The first-order valence-corrected chi connectivity index (χ1v) is 11.3. The Morgan fingerprint density at radius 3 is 2.37 bits per heavy atom. The van der Waals surface area contributed by atoms with Crippen molar-refractivity contribution in [3.63, 3.8) is 0 Å². The van der Waals surface area contributed by atoms with Crippen molar-refractivity contribution in [3.8, 4) is 28.4 Å². The van der Waals surface area contributed by atoms with Crippen molar-refractivity contribution in [2.45, 2.75) is 6.10 Å². The summed E-state index contributed by atoms with van der Waals surface area (Å²) in [4.78, 5) is 14.2. The molecule has 6 heteroatoms. The first-order valence-electron chi connectivity index (χ1n) is 11.3. The van der Waals surface area contributed by atoms with Gasteiger partial charge < -0.3 is 25.3 Å². The number of aromatic hydroxyl groups is 1. The lowest BCUT2D eigenvalue weighted by molar-refractivity contribution is 0.193. The van der Waals surface area contributed by atoms with Crippen LogP contribution in [0.3, 0.4) is 0 Å². The lowest BCUT2D eigenvalue weighted by Gasteiger charge is -2.16. The van der Waals surface area contributed by atoms with Crippen molar-refractivity contribution in [2.75, 3.05) is 11.9 Å². The standard InChI is InChI=1S/C29H24N2O4/c32-26-15-13-24(25-14-16-28(34)31-29(25)26)27(33)18-30-21-9-11-22(12-10-21)35-23-8-4-7-20(17-23)19-5-2-1-3-6-19/h1-17,27,30,32-33H,18H2,(H,31,34)/t27-/m0/s1. The van der Waals surface area contributed by atoms with Crippen molar-refractivity contribution in [3.05, 3.63) is 119 Å². The molecule has 0 fully saturated rings. The summed E-state index contributed by atoms with van der Waals surface area (Å²) in [5.41, 5.74) is 3.65. The summed E-state index contributed by atoms with van der Waals surface area (Å²) in [6.45, 7) is 0.248. The van der Waals surface area contributed by atoms with E-state index in [-0.39, 0.29) is 17.9 Å². The maximum atomic E-state index is 11.6. The third-order valence-electron chi connectivity index (χ3n) is 5.80. The quantitative estimate of drug-likeness (QED) is 0.243. The maximum absolute atomic E-state index is 11.6. The van der Waals surface area contributed by atoms with Gasteiger partial charge in [0.05, 0.1) is 11.6 Å². The summed E-state index contributed by atoms with van der Waals surface area (Å²) in [7, 11) is 0. The zero-order valence-electron chi connectivity index (χ0n) is 18.8. The molecule has 1 heterocycles. The van der Waals surface area contributed by atoms with Crippen LogP contribution in [-0.2, 0) is 0 Å². The zero-order chi connectivity index (χ0) is 24.2. The number of rotatable bonds is 7. The molecule has 0 saturated carbocycles. The number of nitrogens with one attached hydrogen (secondary N) is 2. The van der Waals surface area contributed by atoms with E-state index in [0.717, 1.165) is 22.6 Å². The summed E-state index contributed by atoms with van der Waals surface area (Å²) in [6, 6.07) is 31.7. The van der Waals surface area contributed by atoms with Crippen LogP contribution in [-0.4, -0.2) is 21.7 Å². The second-order valence-electron chi connectivity index (χ2n) is 8.20. The second kappa shape index (κ2) is 9.75. The van der Waals surface area contributed by atoms with Crippen LogP contribution in [0.2, 0.25) is 0 Å². The fourth-order valence-electron chi connectivity index (χ4n) is 4.02. The molecule has 0 bridgehead atoms. The number of hydrogen-bond donors (Lipinski definition) is 4. The van der Waals surface area contributed by atoms with Gasteiger partial charge in [-0.1, -0.05) is 48.5 Å². The Labute approximate surface area is 202 Å². The Morgan fingerprint density at radius 2 is 1.57 bits per heavy atom. The lowest BCUT2D eigenvalue weighted by Crippen LogP contribution is -2.13. The van der Waals surface area contributed by atoms with Crippen molar-refractivity contribution < 1.29 is 14.9 Å². The number of aromatic amines is 1. The number of ether oxygens (including phenoxy) is 1. The molecule has 4 aromatic carbocycles. The second-order valence-corrected chi connectivity index (χ2v) is 8.20. The number of aliphatic hydroxyl groups is 1. The van der Waals surface area contributed by atoms with E-state index in [0.29, 0.717) is 22.2 Å². The van der Waals surface area contributed by atoms with Gasteiger partial charge >= 0.3 is 0 Å². The fraction of sp³-hybridized carbons (Fsp3) is 0.0690. The number of pyridine rings is 1. The molecule has 0 amide bonds. The summed E-state index contributed by atoms with van der Waals surface area (Å²) in [5.74, 6) is 1.42. The van der Waals surface area contributed by atoms with Gasteiger partial charge in [-0.2, -0.15) is 0 Å². The third-order valence-corrected chi connectivity index (χ3v) is 5.80. The van der Waals surface area contributed by atoms with Crippen LogP contribution >= 0.6 is 0 Å². The molecular formula is C29H24N2O4. The van der Waals surface area contributed by atoms with E-state index < -0.39 is 6.10 Å². The Hall–Kier alpha value is -4.55. The van der Waals surface area contributed by atoms with Crippen LogP contribution in [0, 0.1) is 0 Å². The molecule has 5 rings (SSSR count). The monoisotopic (exact) mass is 464 g/mol. The molecule has 0 unspecified atom stereocenters. The van der Waals surface area contributed by atoms with Gasteiger partial charge in [-0.3, -0.25) is 4.79 Å². The van der Waals surface area contributed by atoms with Gasteiger partial charge in [-0.15, -0.1) is 0 Å².